The summed E-state index contributed by atoms with van der Waals surface area (Å²) in [5, 5.41) is 1.79. The Hall–Kier alpha value is -2.47. The third-order valence-corrected chi connectivity index (χ3v) is 3.65. The molecule has 0 saturated carbocycles. The van der Waals surface area contributed by atoms with Crippen LogP contribution < -0.4 is 10.9 Å². The van der Waals surface area contributed by atoms with Crippen molar-refractivity contribution in [2.75, 3.05) is 0 Å². The normalized spacial score (nSPS) is 9.95. The van der Waals surface area contributed by atoms with Gasteiger partial charge >= 0.3 is 0 Å². The van der Waals surface area contributed by atoms with Gasteiger partial charge in [0, 0.05) is 5.56 Å². The van der Waals surface area contributed by atoms with E-state index in [1.54, 1.807) is 41.8 Å². The predicted octanol–water partition coefficient (Wildman–Crippen LogP) is 1.95. The minimum Gasteiger partial charge on any atom is -0.295 e. The van der Waals surface area contributed by atoms with Crippen molar-refractivity contribution < 1.29 is 14.4 Å². The first-order valence-electron chi connectivity index (χ1n) is 6.29. The summed E-state index contributed by atoms with van der Waals surface area (Å²) in [5.74, 6) is -0.685. The lowest BCUT2D eigenvalue weighted by atomic mass is 10.1. The van der Waals surface area contributed by atoms with Crippen molar-refractivity contribution in [1.29, 1.82) is 0 Å². The number of hydrogen-bond donors (Lipinski definition) is 2. The van der Waals surface area contributed by atoms with E-state index >= 15 is 0 Å². The smallest absolute Gasteiger partial charge is 0.279 e. The van der Waals surface area contributed by atoms with Crippen LogP contribution in [0.5, 0.6) is 0 Å². The van der Waals surface area contributed by atoms with Crippen molar-refractivity contribution >= 4 is 28.9 Å². The van der Waals surface area contributed by atoms with Crippen molar-refractivity contribution in [2.24, 2.45) is 0 Å². The van der Waals surface area contributed by atoms with E-state index in [9.17, 15) is 14.4 Å². The van der Waals surface area contributed by atoms with Gasteiger partial charge in [-0.3, -0.25) is 25.2 Å². The first-order chi connectivity index (χ1) is 10.1. The zero-order chi connectivity index (χ0) is 15.2. The number of carbonyl (C=O) groups is 3. The molecule has 0 unspecified atom stereocenters. The maximum absolute atomic E-state index is 11.7. The molecule has 5 nitrogen and oxygen atoms in total. The van der Waals surface area contributed by atoms with Crippen LogP contribution in [0.15, 0.2) is 41.8 Å². The average Bonchev–Trinajstić information content (AvgIpc) is 2.99. The average molecular weight is 302 g/mol. The number of carbonyl (C=O) groups excluding carboxylic acids is 3. The molecule has 1 heterocycles. The molecule has 0 spiro atoms. The van der Waals surface area contributed by atoms with Crippen molar-refractivity contribution in [2.45, 2.75) is 13.3 Å². The third-order valence-electron chi connectivity index (χ3n) is 2.79. The van der Waals surface area contributed by atoms with Crippen LogP contribution in [0.2, 0.25) is 0 Å². The van der Waals surface area contributed by atoms with Crippen LogP contribution in [-0.4, -0.2) is 17.6 Å². The standard InChI is InChI=1S/C15H14N2O3S/c1-10(18)12-6-4-11(5-7-12)9-14(19)16-17-15(20)13-3-2-8-21-13/h2-8H,9H2,1H3,(H,16,19)(H,17,20). The van der Waals surface area contributed by atoms with Gasteiger partial charge in [0.15, 0.2) is 5.78 Å². The van der Waals surface area contributed by atoms with Gasteiger partial charge in [-0.05, 0) is 23.9 Å². The Morgan fingerprint density at radius 1 is 1.05 bits per heavy atom. The van der Waals surface area contributed by atoms with Crippen LogP contribution in [0.1, 0.15) is 32.5 Å². The lowest BCUT2D eigenvalue weighted by Gasteiger charge is -2.06. The number of nitrogens with one attached hydrogen (secondary N) is 2. The van der Waals surface area contributed by atoms with E-state index in [1.807, 2.05) is 0 Å². The summed E-state index contributed by atoms with van der Waals surface area (Å²) in [6.45, 7) is 1.49. The fourth-order valence-electron chi connectivity index (χ4n) is 1.68. The zero-order valence-electron chi connectivity index (χ0n) is 11.4. The maximum atomic E-state index is 11.7. The lowest BCUT2D eigenvalue weighted by Crippen LogP contribution is -2.42. The minimum atomic E-state index is -0.342. The minimum absolute atomic E-state index is 0.0192. The fourth-order valence-corrected chi connectivity index (χ4v) is 2.30. The fraction of sp³-hybridized carbons (Fsp3) is 0.133. The molecule has 0 bridgehead atoms. The monoisotopic (exact) mass is 302 g/mol. The Kier molecular flexibility index (Phi) is 4.84. The van der Waals surface area contributed by atoms with Crippen LogP contribution in [0.25, 0.3) is 0 Å². The van der Waals surface area contributed by atoms with Crippen LogP contribution >= 0.6 is 11.3 Å². The number of hydrazine groups is 1. The van der Waals surface area contributed by atoms with Crippen molar-refractivity contribution in [3.8, 4) is 0 Å². The lowest BCUT2D eigenvalue weighted by molar-refractivity contribution is -0.121. The van der Waals surface area contributed by atoms with Crippen molar-refractivity contribution in [1.82, 2.24) is 10.9 Å². The van der Waals surface area contributed by atoms with E-state index in [4.69, 9.17) is 0 Å². The van der Waals surface area contributed by atoms with Gasteiger partial charge in [0.25, 0.3) is 5.91 Å². The summed E-state index contributed by atoms with van der Waals surface area (Å²) in [6, 6.07) is 10.2. The Labute approximate surface area is 126 Å². The van der Waals surface area contributed by atoms with Crippen molar-refractivity contribution in [3.05, 3.63) is 57.8 Å². The van der Waals surface area contributed by atoms with Gasteiger partial charge in [-0.1, -0.05) is 30.3 Å². The Morgan fingerprint density at radius 2 is 1.76 bits per heavy atom. The van der Waals surface area contributed by atoms with Gasteiger partial charge < -0.3 is 0 Å². The quantitative estimate of drug-likeness (QED) is 0.669. The highest BCUT2D eigenvalue weighted by molar-refractivity contribution is 7.12. The topological polar surface area (TPSA) is 75.3 Å². The Bertz CT molecular complexity index is 648. The van der Waals surface area contributed by atoms with Gasteiger partial charge in [-0.25, -0.2) is 0 Å². The molecular weight excluding hydrogens is 288 g/mol. The molecule has 0 aliphatic carbocycles. The molecule has 1 aromatic carbocycles. The first-order valence-corrected chi connectivity index (χ1v) is 7.17. The number of hydrogen-bond acceptors (Lipinski definition) is 4. The summed E-state index contributed by atoms with van der Waals surface area (Å²) < 4.78 is 0. The molecular formula is C15H14N2O3S. The second-order valence-electron chi connectivity index (χ2n) is 4.41. The molecule has 21 heavy (non-hydrogen) atoms. The first kappa shape index (κ1) is 14.9. The second-order valence-corrected chi connectivity index (χ2v) is 5.36. The van der Waals surface area contributed by atoms with Crippen LogP contribution in [0, 0.1) is 0 Å². The largest absolute Gasteiger partial charge is 0.295 e. The summed E-state index contributed by atoms with van der Waals surface area (Å²) >= 11 is 1.30. The number of ketones is 1. The number of rotatable bonds is 4. The molecule has 2 aromatic rings. The molecule has 0 saturated heterocycles. The molecule has 0 aliphatic rings. The van der Waals surface area contributed by atoms with Gasteiger partial charge in [0.1, 0.15) is 0 Å². The van der Waals surface area contributed by atoms with Gasteiger partial charge in [0.05, 0.1) is 11.3 Å². The summed E-state index contributed by atoms with van der Waals surface area (Å²) in [5.41, 5.74) is 6.08. The van der Waals surface area contributed by atoms with Gasteiger partial charge in [0.2, 0.25) is 5.91 Å². The molecule has 6 heteroatoms. The Morgan fingerprint density at radius 3 is 2.33 bits per heavy atom. The Balaban J connectivity index is 1.84. The molecule has 2 amide bonds. The molecule has 108 valence electrons. The van der Waals surface area contributed by atoms with E-state index < -0.39 is 0 Å². The van der Waals surface area contributed by atoms with Crippen LogP contribution in [0.4, 0.5) is 0 Å². The molecule has 0 atom stereocenters. The zero-order valence-corrected chi connectivity index (χ0v) is 12.2. The summed E-state index contributed by atoms with van der Waals surface area (Å²) in [7, 11) is 0. The van der Waals surface area contributed by atoms with Crippen molar-refractivity contribution in [3.63, 3.8) is 0 Å². The van der Waals surface area contributed by atoms with E-state index in [1.165, 1.54) is 18.3 Å². The SMILES string of the molecule is CC(=O)c1ccc(CC(=O)NNC(=O)c2cccs2)cc1. The van der Waals surface area contributed by atoms with Crippen LogP contribution in [-0.2, 0) is 11.2 Å². The van der Waals surface area contributed by atoms with E-state index in [0.717, 1.165) is 5.56 Å². The highest BCUT2D eigenvalue weighted by atomic mass is 32.1. The molecule has 2 rings (SSSR count). The predicted molar refractivity (Wildman–Crippen MR) is 80.1 cm³/mol. The number of thiophene rings is 1. The summed E-state index contributed by atoms with van der Waals surface area (Å²) in [4.78, 5) is 35.0. The van der Waals surface area contributed by atoms with Gasteiger partial charge in [-0.2, -0.15) is 0 Å². The number of amides is 2. The highest BCUT2D eigenvalue weighted by Crippen LogP contribution is 2.07. The molecule has 1 aromatic heterocycles. The third kappa shape index (κ3) is 4.25. The molecule has 0 aliphatic heterocycles. The maximum Gasteiger partial charge on any atom is 0.279 e. The van der Waals surface area contributed by atoms with Gasteiger partial charge in [-0.15, -0.1) is 11.3 Å². The van der Waals surface area contributed by atoms with Crippen LogP contribution in [0.3, 0.4) is 0 Å². The highest BCUT2D eigenvalue weighted by Gasteiger charge is 2.08. The van der Waals surface area contributed by atoms with E-state index in [-0.39, 0.29) is 24.0 Å². The summed E-state index contributed by atoms with van der Waals surface area (Å²) in [6.07, 6.45) is 0.128. The number of Topliss-reactive ketones (excluding diaryl/α,β-unsaturated/α-hetero) is 1. The number of benzene rings is 1. The molecule has 2 N–H and O–H groups in total. The second kappa shape index (κ2) is 6.81. The molecule has 0 fully saturated rings. The van der Waals surface area contributed by atoms with E-state index in [2.05, 4.69) is 10.9 Å². The molecule has 0 radical (unpaired) electrons. The van der Waals surface area contributed by atoms with E-state index in [0.29, 0.717) is 10.4 Å².